The molecule has 30 heavy (non-hydrogen) atoms. The highest BCUT2D eigenvalue weighted by Gasteiger charge is 2.21. The molecule has 0 spiro atoms. The number of carbonyl (C=O) groups is 1. The molecule has 1 unspecified atom stereocenters. The molecule has 1 fully saturated rings. The first-order valence-electron chi connectivity index (χ1n) is 10.6. The Balaban J connectivity index is 1.33. The lowest BCUT2D eigenvalue weighted by molar-refractivity contribution is -0.120. The Hall–Kier alpha value is -2.57. The van der Waals surface area contributed by atoms with Gasteiger partial charge in [-0.1, -0.05) is 36.4 Å². The molecule has 2 aromatic carbocycles. The fraction of sp³-hybridized carbons (Fsp3) is 0.458. The molecule has 0 aromatic heterocycles. The van der Waals surface area contributed by atoms with Crippen molar-refractivity contribution < 1.29 is 19.0 Å². The zero-order valence-electron chi connectivity index (χ0n) is 17.9. The molecule has 1 heterocycles. The molecule has 0 saturated carbocycles. The number of unbranched alkanes of at least 4 members (excludes halogenated alkanes) is 1. The molecule has 1 amide bonds. The summed E-state index contributed by atoms with van der Waals surface area (Å²) in [6, 6.07) is 16.0. The highest BCUT2D eigenvalue weighted by Crippen LogP contribution is 2.27. The van der Waals surface area contributed by atoms with Gasteiger partial charge in [-0.05, 0) is 42.6 Å². The fourth-order valence-corrected chi connectivity index (χ4v) is 3.70. The maximum atomic E-state index is 12.2. The second-order valence-corrected chi connectivity index (χ2v) is 7.49. The number of nitrogens with zero attached hydrogens (tertiary/aromatic N) is 1. The number of amides is 1. The smallest absolute Gasteiger partial charge is 0.224 e. The highest BCUT2D eigenvalue weighted by molar-refractivity contribution is 5.78. The monoisotopic (exact) mass is 412 g/mol. The lowest BCUT2D eigenvalue weighted by Crippen LogP contribution is -2.39. The van der Waals surface area contributed by atoms with Crippen LogP contribution in [0.4, 0.5) is 0 Å². The summed E-state index contributed by atoms with van der Waals surface area (Å²) >= 11 is 0. The summed E-state index contributed by atoms with van der Waals surface area (Å²) in [5.41, 5.74) is 2.15. The zero-order valence-corrected chi connectivity index (χ0v) is 17.9. The Morgan fingerprint density at radius 1 is 1.10 bits per heavy atom. The van der Waals surface area contributed by atoms with Crippen LogP contribution in [0, 0.1) is 0 Å². The van der Waals surface area contributed by atoms with E-state index in [0.717, 1.165) is 44.6 Å². The molecule has 6 heteroatoms. The minimum atomic E-state index is 0.0257. The lowest BCUT2D eigenvalue weighted by Gasteiger charge is -2.33. The first-order chi connectivity index (χ1) is 14.7. The van der Waals surface area contributed by atoms with E-state index >= 15 is 0 Å². The van der Waals surface area contributed by atoms with Crippen LogP contribution in [0.15, 0.2) is 48.5 Å². The Kier molecular flexibility index (Phi) is 8.53. The van der Waals surface area contributed by atoms with Crippen molar-refractivity contribution in [2.75, 3.05) is 47.0 Å². The summed E-state index contributed by atoms with van der Waals surface area (Å²) in [5.74, 6) is 1.33. The van der Waals surface area contributed by atoms with Crippen LogP contribution >= 0.6 is 0 Å². The molecule has 1 aliphatic heterocycles. The second-order valence-electron chi connectivity index (χ2n) is 7.49. The van der Waals surface area contributed by atoms with Crippen LogP contribution in [0.1, 0.15) is 30.1 Å². The van der Waals surface area contributed by atoms with Crippen LogP contribution in [-0.2, 0) is 16.0 Å². The van der Waals surface area contributed by atoms with Crippen LogP contribution in [0.25, 0.3) is 0 Å². The minimum Gasteiger partial charge on any atom is -0.493 e. The second kappa shape index (κ2) is 11.6. The molecule has 3 rings (SSSR count). The molecule has 162 valence electrons. The highest BCUT2D eigenvalue weighted by atomic mass is 16.5. The maximum Gasteiger partial charge on any atom is 0.224 e. The average molecular weight is 413 g/mol. The average Bonchev–Trinajstić information content (AvgIpc) is 2.79. The van der Waals surface area contributed by atoms with Crippen LogP contribution in [0.2, 0.25) is 0 Å². The van der Waals surface area contributed by atoms with Gasteiger partial charge in [0.15, 0.2) is 11.5 Å². The predicted octanol–water partition coefficient (Wildman–Crippen LogP) is 3.22. The lowest BCUT2D eigenvalue weighted by atomic mass is 10.1. The topological polar surface area (TPSA) is 60.0 Å². The summed E-state index contributed by atoms with van der Waals surface area (Å²) in [5, 5.41) is 3.02. The molecule has 6 nitrogen and oxygen atoms in total. The molecule has 1 atom stereocenters. The summed E-state index contributed by atoms with van der Waals surface area (Å²) in [4.78, 5) is 14.7. The number of methoxy groups -OCH3 is 2. The van der Waals surface area contributed by atoms with Gasteiger partial charge in [-0.15, -0.1) is 0 Å². The maximum absolute atomic E-state index is 12.2. The van der Waals surface area contributed by atoms with Gasteiger partial charge in [0.2, 0.25) is 5.91 Å². The van der Waals surface area contributed by atoms with Gasteiger partial charge in [0.05, 0.1) is 33.4 Å². The summed E-state index contributed by atoms with van der Waals surface area (Å²) in [6.45, 7) is 4.38. The summed E-state index contributed by atoms with van der Waals surface area (Å²) in [6.07, 6.45) is 2.51. The number of carbonyl (C=O) groups excluding carboxylic acids is 1. The van der Waals surface area contributed by atoms with E-state index in [2.05, 4.69) is 34.5 Å². The molecule has 1 aliphatic rings. The van der Waals surface area contributed by atoms with Crippen molar-refractivity contribution in [3.63, 3.8) is 0 Å². The van der Waals surface area contributed by atoms with Crippen LogP contribution in [0.5, 0.6) is 11.5 Å². The Bertz CT molecular complexity index is 797. The van der Waals surface area contributed by atoms with Crippen LogP contribution in [-0.4, -0.2) is 57.8 Å². The van der Waals surface area contributed by atoms with Crippen molar-refractivity contribution >= 4 is 5.91 Å². The van der Waals surface area contributed by atoms with E-state index in [1.807, 2.05) is 24.3 Å². The van der Waals surface area contributed by atoms with E-state index in [1.54, 1.807) is 14.2 Å². The molecule has 1 saturated heterocycles. The van der Waals surface area contributed by atoms with Crippen molar-refractivity contribution in [3.8, 4) is 11.5 Å². The van der Waals surface area contributed by atoms with Gasteiger partial charge in [0.1, 0.15) is 0 Å². The summed E-state index contributed by atoms with van der Waals surface area (Å²) < 4.78 is 16.5. The Morgan fingerprint density at radius 2 is 1.90 bits per heavy atom. The Morgan fingerprint density at radius 3 is 2.67 bits per heavy atom. The molecule has 0 aliphatic carbocycles. The normalized spacial score (nSPS) is 16.8. The van der Waals surface area contributed by atoms with Crippen molar-refractivity contribution in [2.24, 2.45) is 0 Å². The molecule has 1 N–H and O–H groups in total. The predicted molar refractivity (Wildman–Crippen MR) is 117 cm³/mol. The van der Waals surface area contributed by atoms with Gasteiger partial charge >= 0.3 is 0 Å². The number of rotatable bonds is 10. The molecular weight excluding hydrogens is 380 g/mol. The third kappa shape index (κ3) is 6.47. The number of nitrogens with one attached hydrogen (secondary N) is 1. The van der Waals surface area contributed by atoms with Crippen molar-refractivity contribution in [1.82, 2.24) is 10.2 Å². The zero-order chi connectivity index (χ0) is 21.2. The minimum absolute atomic E-state index is 0.0257. The molecule has 0 radical (unpaired) electrons. The summed E-state index contributed by atoms with van der Waals surface area (Å²) in [7, 11) is 3.20. The van der Waals surface area contributed by atoms with E-state index in [1.165, 1.54) is 5.56 Å². The quantitative estimate of drug-likeness (QED) is 0.607. The van der Waals surface area contributed by atoms with E-state index in [4.69, 9.17) is 14.2 Å². The largest absolute Gasteiger partial charge is 0.493 e. The first kappa shape index (κ1) is 22.1. The van der Waals surface area contributed by atoms with Gasteiger partial charge in [0, 0.05) is 19.6 Å². The Labute approximate surface area is 179 Å². The van der Waals surface area contributed by atoms with Gasteiger partial charge in [-0.3, -0.25) is 9.69 Å². The fourth-order valence-electron chi connectivity index (χ4n) is 3.70. The number of ether oxygens (including phenoxy) is 3. The molecule has 0 bridgehead atoms. The van der Waals surface area contributed by atoms with Gasteiger partial charge in [-0.2, -0.15) is 0 Å². The third-order valence-corrected chi connectivity index (χ3v) is 5.36. The number of benzene rings is 2. The van der Waals surface area contributed by atoms with Crippen LogP contribution < -0.4 is 14.8 Å². The van der Waals surface area contributed by atoms with Gasteiger partial charge < -0.3 is 19.5 Å². The van der Waals surface area contributed by atoms with Gasteiger partial charge in [0.25, 0.3) is 0 Å². The van der Waals surface area contributed by atoms with E-state index in [0.29, 0.717) is 24.5 Å². The standard InChI is InChI=1S/C24H32N2O4/c1-28-21-11-10-19(16-22(21)29-2)17-24(27)25-12-6-7-13-26-14-15-30-23(18-26)20-8-4-3-5-9-20/h3-5,8-11,16,23H,6-7,12-15,17-18H2,1-2H3,(H,25,27). The molecular formula is C24H32N2O4. The SMILES string of the molecule is COc1ccc(CC(=O)NCCCCN2CCOC(c3ccccc3)C2)cc1OC. The number of morpholine rings is 1. The van der Waals surface area contributed by atoms with E-state index < -0.39 is 0 Å². The third-order valence-electron chi connectivity index (χ3n) is 5.36. The molecule has 2 aromatic rings. The van der Waals surface area contributed by atoms with E-state index in [9.17, 15) is 4.79 Å². The van der Waals surface area contributed by atoms with Crippen molar-refractivity contribution in [1.29, 1.82) is 0 Å². The van der Waals surface area contributed by atoms with Crippen molar-refractivity contribution in [2.45, 2.75) is 25.4 Å². The van der Waals surface area contributed by atoms with Crippen molar-refractivity contribution in [3.05, 3.63) is 59.7 Å². The van der Waals surface area contributed by atoms with Gasteiger partial charge in [-0.25, -0.2) is 0 Å². The number of hydrogen-bond acceptors (Lipinski definition) is 5. The van der Waals surface area contributed by atoms with E-state index in [-0.39, 0.29) is 12.0 Å². The van der Waals surface area contributed by atoms with Crippen LogP contribution in [0.3, 0.4) is 0 Å². The number of hydrogen-bond donors (Lipinski definition) is 1. The first-order valence-corrected chi connectivity index (χ1v) is 10.6.